The highest BCUT2D eigenvalue weighted by Gasteiger charge is 1.98. The fraction of sp³-hybridized carbons (Fsp3) is 0.857. The van der Waals surface area contributed by atoms with Crippen LogP contribution in [0.25, 0.3) is 0 Å². The first-order valence-electron chi connectivity index (χ1n) is 6.89. The van der Waals surface area contributed by atoms with E-state index in [-0.39, 0.29) is 0 Å². The number of nitrogens with zero attached hydrogens (tertiary/aromatic N) is 1. The van der Waals surface area contributed by atoms with E-state index in [9.17, 15) is 0 Å². The van der Waals surface area contributed by atoms with Crippen molar-refractivity contribution in [2.45, 2.75) is 46.0 Å². The molecule has 0 heterocycles. The Morgan fingerprint density at radius 2 is 1.81 bits per heavy atom. The first-order valence-corrected chi connectivity index (χ1v) is 6.89. The smallest absolute Gasteiger partial charge is 0.0160 e. The number of likely N-dealkylation sites (N-methyl/N-ethyl adjacent to an activating group) is 1. The molecule has 0 aliphatic carbocycles. The van der Waals surface area contributed by atoms with Crippen LogP contribution in [0.5, 0.6) is 0 Å². The first kappa shape index (κ1) is 15.7. The summed E-state index contributed by atoms with van der Waals surface area (Å²) >= 11 is 0. The summed E-state index contributed by atoms with van der Waals surface area (Å²) in [5.41, 5.74) is 0. The lowest BCUT2D eigenvalue weighted by Crippen LogP contribution is -2.24. The third-order valence-electron chi connectivity index (χ3n) is 2.84. The largest absolute Gasteiger partial charge is 0.317 e. The lowest BCUT2D eigenvalue weighted by atomic mass is 10.2. The minimum Gasteiger partial charge on any atom is -0.317 e. The molecule has 0 radical (unpaired) electrons. The van der Waals surface area contributed by atoms with Crippen LogP contribution >= 0.6 is 0 Å². The number of nitrogens with one attached hydrogen (secondary N) is 1. The highest BCUT2D eigenvalue weighted by Crippen LogP contribution is 2.01. The maximum absolute atomic E-state index is 3.78. The molecule has 0 saturated carbocycles. The van der Waals surface area contributed by atoms with Gasteiger partial charge < -0.3 is 5.32 Å². The van der Waals surface area contributed by atoms with Crippen LogP contribution in [0.1, 0.15) is 46.0 Å². The van der Waals surface area contributed by atoms with Crippen LogP contribution in [0, 0.1) is 0 Å². The molecule has 0 atom stereocenters. The Labute approximate surface area is 102 Å². The van der Waals surface area contributed by atoms with Gasteiger partial charge in [-0.2, -0.15) is 0 Å². The molecule has 96 valence electrons. The van der Waals surface area contributed by atoms with Gasteiger partial charge >= 0.3 is 0 Å². The van der Waals surface area contributed by atoms with Gasteiger partial charge in [-0.3, -0.25) is 4.90 Å². The molecule has 0 aromatic heterocycles. The van der Waals surface area contributed by atoms with Crippen molar-refractivity contribution in [3.63, 3.8) is 0 Å². The van der Waals surface area contributed by atoms with Gasteiger partial charge in [0.05, 0.1) is 0 Å². The fourth-order valence-corrected chi connectivity index (χ4v) is 1.80. The molecule has 0 aliphatic heterocycles. The highest BCUT2D eigenvalue weighted by atomic mass is 15.1. The quantitative estimate of drug-likeness (QED) is 0.406. The van der Waals surface area contributed by atoms with Crippen molar-refractivity contribution in [3.8, 4) is 0 Å². The summed E-state index contributed by atoms with van der Waals surface area (Å²) in [6.45, 7) is 14.0. The van der Waals surface area contributed by atoms with E-state index in [1.807, 2.05) is 6.08 Å². The Kier molecular flexibility index (Phi) is 12.5. The van der Waals surface area contributed by atoms with Gasteiger partial charge in [0.1, 0.15) is 0 Å². The van der Waals surface area contributed by atoms with Gasteiger partial charge in [0.2, 0.25) is 0 Å². The third-order valence-corrected chi connectivity index (χ3v) is 2.84. The number of rotatable bonds is 12. The molecule has 2 nitrogen and oxygen atoms in total. The van der Waals surface area contributed by atoms with Gasteiger partial charge in [0.25, 0.3) is 0 Å². The zero-order valence-electron chi connectivity index (χ0n) is 11.3. The zero-order chi connectivity index (χ0) is 12.1. The van der Waals surface area contributed by atoms with Gasteiger partial charge in [-0.05, 0) is 45.4 Å². The average molecular weight is 226 g/mol. The number of hydrogen-bond donors (Lipinski definition) is 1. The summed E-state index contributed by atoms with van der Waals surface area (Å²) in [5, 5.41) is 3.44. The topological polar surface area (TPSA) is 15.3 Å². The lowest BCUT2D eigenvalue weighted by molar-refractivity contribution is 0.309. The Morgan fingerprint density at radius 3 is 2.44 bits per heavy atom. The summed E-state index contributed by atoms with van der Waals surface area (Å²) in [7, 11) is 0. The average Bonchev–Trinajstić information content (AvgIpc) is 2.31. The van der Waals surface area contributed by atoms with E-state index in [1.54, 1.807) is 0 Å². The molecule has 2 heteroatoms. The second-order valence-electron chi connectivity index (χ2n) is 4.35. The van der Waals surface area contributed by atoms with E-state index in [0.29, 0.717) is 0 Å². The Morgan fingerprint density at radius 1 is 1.06 bits per heavy atom. The van der Waals surface area contributed by atoms with Crippen LogP contribution in [0.15, 0.2) is 12.7 Å². The van der Waals surface area contributed by atoms with Crippen LogP contribution in [-0.4, -0.2) is 37.6 Å². The Hall–Kier alpha value is -0.340. The molecular formula is C14H30N2. The first-order chi connectivity index (χ1) is 7.85. The third kappa shape index (κ3) is 10.2. The molecule has 0 amide bonds. The molecule has 1 N–H and O–H groups in total. The standard InChI is InChI=1S/C14H30N2/c1-4-11-15-12-9-7-8-10-14-16(6-3)13-5-2/h5,15H,2,4,6-14H2,1,3H3. The van der Waals surface area contributed by atoms with Crippen molar-refractivity contribution in [3.05, 3.63) is 12.7 Å². The number of hydrogen-bond acceptors (Lipinski definition) is 2. The van der Waals surface area contributed by atoms with Crippen molar-refractivity contribution >= 4 is 0 Å². The summed E-state index contributed by atoms with van der Waals surface area (Å²) in [5.74, 6) is 0. The fourth-order valence-electron chi connectivity index (χ4n) is 1.80. The van der Waals surface area contributed by atoms with Crippen LogP contribution < -0.4 is 5.32 Å². The summed E-state index contributed by atoms with van der Waals surface area (Å²) < 4.78 is 0. The molecule has 0 aliphatic rings. The Bertz CT molecular complexity index is 146. The number of unbranched alkanes of at least 4 members (excludes halogenated alkanes) is 3. The predicted octanol–water partition coefficient (Wildman–Crippen LogP) is 3.05. The van der Waals surface area contributed by atoms with Crippen molar-refractivity contribution in [1.82, 2.24) is 10.2 Å². The van der Waals surface area contributed by atoms with E-state index < -0.39 is 0 Å². The predicted molar refractivity (Wildman–Crippen MR) is 73.9 cm³/mol. The summed E-state index contributed by atoms with van der Waals surface area (Å²) in [4.78, 5) is 2.45. The monoisotopic (exact) mass is 226 g/mol. The maximum Gasteiger partial charge on any atom is 0.0160 e. The molecule has 16 heavy (non-hydrogen) atoms. The summed E-state index contributed by atoms with van der Waals surface area (Å²) in [6.07, 6.45) is 8.62. The van der Waals surface area contributed by atoms with Crippen LogP contribution in [0.2, 0.25) is 0 Å². The summed E-state index contributed by atoms with van der Waals surface area (Å²) in [6, 6.07) is 0. The maximum atomic E-state index is 3.78. The van der Waals surface area contributed by atoms with Crippen molar-refractivity contribution in [1.29, 1.82) is 0 Å². The SMILES string of the molecule is C=CCN(CC)CCCCCCNCCC. The van der Waals surface area contributed by atoms with E-state index in [4.69, 9.17) is 0 Å². The molecule has 0 rings (SSSR count). The molecule has 0 aromatic rings. The van der Waals surface area contributed by atoms with E-state index in [2.05, 4.69) is 30.6 Å². The Balaban J connectivity index is 3.15. The molecule has 0 fully saturated rings. The van der Waals surface area contributed by atoms with Crippen molar-refractivity contribution < 1.29 is 0 Å². The lowest BCUT2D eigenvalue weighted by Gasteiger charge is -2.17. The molecular weight excluding hydrogens is 196 g/mol. The highest BCUT2D eigenvalue weighted by molar-refractivity contribution is 4.72. The van der Waals surface area contributed by atoms with E-state index in [1.165, 1.54) is 51.7 Å². The zero-order valence-corrected chi connectivity index (χ0v) is 11.3. The second kappa shape index (κ2) is 12.7. The molecule has 0 spiro atoms. The van der Waals surface area contributed by atoms with Crippen molar-refractivity contribution in [2.75, 3.05) is 32.7 Å². The minimum absolute atomic E-state index is 1.04. The minimum atomic E-state index is 1.04. The van der Waals surface area contributed by atoms with Crippen molar-refractivity contribution in [2.24, 2.45) is 0 Å². The van der Waals surface area contributed by atoms with Crippen LogP contribution in [0.4, 0.5) is 0 Å². The van der Waals surface area contributed by atoms with Gasteiger partial charge in [-0.25, -0.2) is 0 Å². The van der Waals surface area contributed by atoms with Gasteiger partial charge in [0.15, 0.2) is 0 Å². The molecule has 0 bridgehead atoms. The van der Waals surface area contributed by atoms with Gasteiger partial charge in [0, 0.05) is 6.54 Å². The van der Waals surface area contributed by atoms with E-state index in [0.717, 1.165) is 13.1 Å². The second-order valence-corrected chi connectivity index (χ2v) is 4.35. The van der Waals surface area contributed by atoms with E-state index >= 15 is 0 Å². The van der Waals surface area contributed by atoms with Gasteiger partial charge in [-0.15, -0.1) is 6.58 Å². The normalized spacial score (nSPS) is 10.9. The van der Waals surface area contributed by atoms with Crippen LogP contribution in [0.3, 0.4) is 0 Å². The molecule has 0 saturated heterocycles. The molecule has 0 unspecified atom stereocenters. The van der Waals surface area contributed by atoms with Gasteiger partial charge in [-0.1, -0.05) is 32.8 Å². The van der Waals surface area contributed by atoms with Crippen LogP contribution in [-0.2, 0) is 0 Å². The molecule has 0 aromatic carbocycles.